The van der Waals surface area contributed by atoms with Crippen LogP contribution in [0.4, 0.5) is 0 Å². The Labute approximate surface area is 92.1 Å². The number of hydrogen-bond donors (Lipinski definition) is 0. The first-order valence-electron chi connectivity index (χ1n) is 4.53. The van der Waals surface area contributed by atoms with Crippen LogP contribution in [-0.4, -0.2) is 0 Å². The number of benzene rings is 1. The van der Waals surface area contributed by atoms with E-state index < -0.39 is 0 Å². The third kappa shape index (κ3) is 2.28. The third-order valence-corrected chi connectivity index (χ3v) is 2.32. The average molecular weight is 221 g/mol. The smallest absolute Gasteiger partial charge is 0.336 e. The molecule has 1 aromatic carbocycles. The average Bonchev–Trinajstić information content (AvgIpc) is 2.17. The maximum atomic E-state index is 11.2. The highest BCUT2D eigenvalue weighted by Gasteiger charge is 2.01. The van der Waals surface area contributed by atoms with Crippen molar-refractivity contribution in [2.75, 3.05) is 0 Å². The van der Waals surface area contributed by atoms with Gasteiger partial charge in [-0.15, -0.1) is 0 Å². The van der Waals surface area contributed by atoms with Crippen molar-refractivity contribution >= 4 is 11.6 Å². The van der Waals surface area contributed by atoms with Crippen LogP contribution in [0.1, 0.15) is 5.76 Å². The lowest BCUT2D eigenvalue weighted by atomic mass is 10.1. The summed E-state index contributed by atoms with van der Waals surface area (Å²) in [6.07, 6.45) is 0. The molecule has 2 rings (SSSR count). The van der Waals surface area contributed by atoms with Gasteiger partial charge in [-0.05, 0) is 36.2 Å². The highest BCUT2D eigenvalue weighted by molar-refractivity contribution is 6.30. The molecule has 0 fully saturated rings. The summed E-state index contributed by atoms with van der Waals surface area (Å²) in [7, 11) is 0. The fourth-order valence-corrected chi connectivity index (χ4v) is 1.54. The zero-order valence-electron chi connectivity index (χ0n) is 8.16. The van der Waals surface area contributed by atoms with Crippen molar-refractivity contribution < 1.29 is 4.42 Å². The van der Waals surface area contributed by atoms with Gasteiger partial charge < -0.3 is 4.42 Å². The van der Waals surface area contributed by atoms with E-state index in [1.165, 1.54) is 6.07 Å². The fourth-order valence-electron chi connectivity index (χ4n) is 1.41. The van der Waals surface area contributed by atoms with Crippen molar-refractivity contribution in [3.05, 3.63) is 57.6 Å². The molecule has 15 heavy (non-hydrogen) atoms. The van der Waals surface area contributed by atoms with E-state index in [2.05, 4.69) is 0 Å². The second kappa shape index (κ2) is 3.91. The molecule has 0 atom stereocenters. The Kier molecular flexibility index (Phi) is 2.60. The summed E-state index contributed by atoms with van der Waals surface area (Å²) >= 11 is 5.78. The van der Waals surface area contributed by atoms with Crippen LogP contribution in [0, 0.1) is 6.92 Å². The van der Waals surface area contributed by atoms with Gasteiger partial charge >= 0.3 is 5.63 Å². The maximum Gasteiger partial charge on any atom is 0.336 e. The third-order valence-electron chi connectivity index (χ3n) is 2.07. The molecule has 2 nitrogen and oxygen atoms in total. The van der Waals surface area contributed by atoms with Crippen molar-refractivity contribution in [3.8, 4) is 11.1 Å². The number of aryl methyl sites for hydroxylation is 1. The number of halogens is 1. The second-order valence-electron chi connectivity index (χ2n) is 3.28. The lowest BCUT2D eigenvalue weighted by Gasteiger charge is -2.01. The van der Waals surface area contributed by atoms with Crippen LogP contribution < -0.4 is 5.63 Å². The summed E-state index contributed by atoms with van der Waals surface area (Å²) < 4.78 is 4.88. The van der Waals surface area contributed by atoms with E-state index in [4.69, 9.17) is 16.0 Å². The standard InChI is InChI=1S/C12H9ClO2/c1-8-6-10(7-12(14)15-8)9-2-4-11(13)5-3-9/h2-7H,1H3. The summed E-state index contributed by atoms with van der Waals surface area (Å²) in [6.45, 7) is 1.75. The Bertz CT molecular complexity index is 526. The topological polar surface area (TPSA) is 30.2 Å². The van der Waals surface area contributed by atoms with E-state index in [1.807, 2.05) is 18.2 Å². The molecule has 1 heterocycles. The highest BCUT2D eigenvalue weighted by Crippen LogP contribution is 2.20. The molecule has 3 heteroatoms. The molecule has 2 aromatic rings. The Morgan fingerprint density at radius 3 is 2.33 bits per heavy atom. The van der Waals surface area contributed by atoms with Gasteiger partial charge in [-0.1, -0.05) is 23.7 Å². The summed E-state index contributed by atoms with van der Waals surface area (Å²) in [6, 6.07) is 10.6. The molecule has 76 valence electrons. The van der Waals surface area contributed by atoms with Gasteiger partial charge in [-0.25, -0.2) is 4.79 Å². The zero-order valence-corrected chi connectivity index (χ0v) is 8.91. The van der Waals surface area contributed by atoms with E-state index in [0.717, 1.165) is 11.1 Å². The predicted molar refractivity (Wildman–Crippen MR) is 60.2 cm³/mol. The van der Waals surface area contributed by atoms with E-state index >= 15 is 0 Å². The van der Waals surface area contributed by atoms with Crippen LogP contribution in [0.3, 0.4) is 0 Å². The molecule has 0 aliphatic carbocycles. The molecule has 0 unspecified atom stereocenters. The Morgan fingerprint density at radius 2 is 1.73 bits per heavy atom. The number of rotatable bonds is 1. The minimum absolute atomic E-state index is 0.333. The zero-order chi connectivity index (χ0) is 10.8. The molecular formula is C12H9ClO2. The van der Waals surface area contributed by atoms with Crippen molar-refractivity contribution in [1.29, 1.82) is 0 Å². The maximum absolute atomic E-state index is 11.2. The summed E-state index contributed by atoms with van der Waals surface area (Å²) in [4.78, 5) is 11.2. The van der Waals surface area contributed by atoms with Crippen molar-refractivity contribution in [2.45, 2.75) is 6.92 Å². The van der Waals surface area contributed by atoms with Gasteiger partial charge in [0.2, 0.25) is 0 Å². The van der Waals surface area contributed by atoms with Gasteiger partial charge in [0.05, 0.1) is 0 Å². The Morgan fingerprint density at radius 1 is 1.07 bits per heavy atom. The van der Waals surface area contributed by atoms with Crippen LogP contribution in [0.5, 0.6) is 0 Å². The Hall–Kier alpha value is -1.54. The SMILES string of the molecule is Cc1cc(-c2ccc(Cl)cc2)cc(=O)o1. The van der Waals surface area contributed by atoms with E-state index in [-0.39, 0.29) is 5.63 Å². The van der Waals surface area contributed by atoms with E-state index in [0.29, 0.717) is 10.8 Å². The minimum Gasteiger partial charge on any atom is -0.428 e. The van der Waals surface area contributed by atoms with Crippen molar-refractivity contribution in [3.63, 3.8) is 0 Å². The van der Waals surface area contributed by atoms with Crippen LogP contribution in [0.15, 0.2) is 45.6 Å². The van der Waals surface area contributed by atoms with E-state index in [1.54, 1.807) is 19.1 Å². The normalized spacial score (nSPS) is 10.3. The molecule has 0 saturated heterocycles. The molecule has 0 aliphatic rings. The van der Waals surface area contributed by atoms with Crippen LogP contribution in [0.2, 0.25) is 5.02 Å². The first-order chi connectivity index (χ1) is 7.15. The summed E-state index contributed by atoms with van der Waals surface area (Å²) in [5.41, 5.74) is 1.47. The van der Waals surface area contributed by atoms with Gasteiger partial charge in [0.15, 0.2) is 0 Å². The second-order valence-corrected chi connectivity index (χ2v) is 3.72. The molecule has 0 amide bonds. The minimum atomic E-state index is -0.333. The van der Waals surface area contributed by atoms with Gasteiger partial charge in [0.25, 0.3) is 0 Å². The highest BCUT2D eigenvalue weighted by atomic mass is 35.5. The van der Waals surface area contributed by atoms with Gasteiger partial charge in [0.1, 0.15) is 5.76 Å². The lowest BCUT2D eigenvalue weighted by molar-refractivity contribution is 0.481. The summed E-state index contributed by atoms with van der Waals surface area (Å²) in [5.74, 6) is 0.604. The van der Waals surface area contributed by atoms with Crippen molar-refractivity contribution in [2.24, 2.45) is 0 Å². The van der Waals surface area contributed by atoms with Gasteiger partial charge in [0, 0.05) is 11.1 Å². The van der Waals surface area contributed by atoms with Crippen LogP contribution >= 0.6 is 11.6 Å². The first-order valence-corrected chi connectivity index (χ1v) is 4.91. The first kappa shape index (κ1) is 9.99. The van der Waals surface area contributed by atoms with E-state index in [9.17, 15) is 4.79 Å². The Balaban J connectivity index is 2.54. The number of hydrogen-bond acceptors (Lipinski definition) is 2. The molecule has 0 radical (unpaired) electrons. The lowest BCUT2D eigenvalue weighted by Crippen LogP contribution is -1.97. The molecular weight excluding hydrogens is 212 g/mol. The monoisotopic (exact) mass is 220 g/mol. The summed E-state index contributed by atoms with van der Waals surface area (Å²) in [5, 5.41) is 0.679. The largest absolute Gasteiger partial charge is 0.428 e. The van der Waals surface area contributed by atoms with Gasteiger partial charge in [-0.3, -0.25) is 0 Å². The molecule has 1 aromatic heterocycles. The fraction of sp³-hybridized carbons (Fsp3) is 0.0833. The van der Waals surface area contributed by atoms with Gasteiger partial charge in [-0.2, -0.15) is 0 Å². The van der Waals surface area contributed by atoms with Crippen molar-refractivity contribution in [1.82, 2.24) is 0 Å². The predicted octanol–water partition coefficient (Wildman–Crippen LogP) is 3.27. The molecule has 0 saturated carbocycles. The van der Waals surface area contributed by atoms with Crippen LogP contribution in [0.25, 0.3) is 11.1 Å². The molecule has 0 bridgehead atoms. The molecule has 0 N–H and O–H groups in total. The molecule has 0 spiro atoms. The quantitative estimate of drug-likeness (QED) is 0.739. The van der Waals surface area contributed by atoms with Crippen LogP contribution in [-0.2, 0) is 0 Å². The molecule has 0 aliphatic heterocycles.